The van der Waals surface area contributed by atoms with Crippen molar-refractivity contribution in [2.45, 2.75) is 9.96 Å². The molecule has 34 heavy (non-hydrogen) atoms. The third-order valence-corrected chi connectivity index (χ3v) is 6.82. The van der Waals surface area contributed by atoms with E-state index in [4.69, 9.17) is 39.8 Å². The number of carbonyl (C=O) groups is 1. The number of nitrogens with zero attached hydrogens (tertiary/aromatic N) is 3. The number of anilines is 1. The first-order valence-electron chi connectivity index (χ1n) is 10.7. The molecule has 4 rings (SSSR count). The van der Waals surface area contributed by atoms with Gasteiger partial charge < -0.3 is 9.80 Å². The minimum atomic E-state index is -1.72. The number of rotatable bonds is 3. The molecule has 0 spiro atoms. The summed E-state index contributed by atoms with van der Waals surface area (Å²) in [4.78, 5) is 21.3. The predicted molar refractivity (Wildman–Crippen MR) is 145 cm³/mol. The van der Waals surface area contributed by atoms with Crippen molar-refractivity contribution in [1.29, 1.82) is 0 Å². The number of thiazole rings is 1. The van der Waals surface area contributed by atoms with Crippen LogP contribution in [0.5, 0.6) is 0 Å². The van der Waals surface area contributed by atoms with Crippen LogP contribution in [0.3, 0.4) is 0 Å². The monoisotopic (exact) mass is 529 g/mol. The SMILES string of the molecule is O=C(/C=C/c1ccccc1)N1CCN(c2nc3/c(s2)=C\C=C/C=C\C=C/C=C\C=3)C1C(Cl)(Cl)Cl. The van der Waals surface area contributed by atoms with Crippen molar-refractivity contribution in [1.82, 2.24) is 9.88 Å². The van der Waals surface area contributed by atoms with E-state index in [0.29, 0.717) is 18.2 Å². The van der Waals surface area contributed by atoms with Gasteiger partial charge in [0.05, 0.1) is 9.88 Å². The molecule has 0 N–H and O–H groups in total. The predicted octanol–water partition coefficient (Wildman–Crippen LogP) is 5.00. The Morgan fingerprint density at radius 1 is 0.941 bits per heavy atom. The van der Waals surface area contributed by atoms with Crippen molar-refractivity contribution >= 4 is 75.4 Å². The molecule has 2 aliphatic rings. The first kappa shape index (κ1) is 24.6. The molecule has 1 aliphatic carbocycles. The molecular formula is C26H22Cl3N3OS. The molecule has 1 unspecified atom stereocenters. The Hall–Kier alpha value is -2.57. The number of halogens is 3. The summed E-state index contributed by atoms with van der Waals surface area (Å²) in [5.41, 5.74) is 0.923. The maximum absolute atomic E-state index is 13.1. The summed E-state index contributed by atoms with van der Waals surface area (Å²) in [5.74, 6) is -0.222. The van der Waals surface area contributed by atoms with Crippen molar-refractivity contribution in [3.63, 3.8) is 0 Å². The van der Waals surface area contributed by atoms with Crippen LogP contribution in [0.2, 0.25) is 0 Å². The van der Waals surface area contributed by atoms with E-state index in [1.165, 1.54) is 17.4 Å². The number of amides is 1. The van der Waals surface area contributed by atoms with Gasteiger partial charge in [0.1, 0.15) is 0 Å². The highest BCUT2D eigenvalue weighted by molar-refractivity contribution is 7.13. The molecule has 1 aliphatic heterocycles. The minimum absolute atomic E-state index is 0.222. The summed E-state index contributed by atoms with van der Waals surface area (Å²) in [7, 11) is 0. The van der Waals surface area contributed by atoms with Crippen molar-refractivity contribution in [3.8, 4) is 0 Å². The second kappa shape index (κ2) is 11.2. The topological polar surface area (TPSA) is 36.4 Å². The molecular weight excluding hydrogens is 509 g/mol. The molecule has 2 heterocycles. The van der Waals surface area contributed by atoms with Gasteiger partial charge in [0, 0.05) is 19.2 Å². The van der Waals surface area contributed by atoms with Crippen molar-refractivity contribution in [2.24, 2.45) is 0 Å². The Balaban J connectivity index is 1.66. The van der Waals surface area contributed by atoms with E-state index in [-0.39, 0.29) is 5.91 Å². The molecule has 1 atom stereocenters. The Bertz CT molecular complexity index is 1240. The van der Waals surface area contributed by atoms with Crippen LogP contribution in [0.25, 0.3) is 18.2 Å². The van der Waals surface area contributed by atoms with Gasteiger partial charge in [-0.25, -0.2) is 4.98 Å². The fourth-order valence-corrected chi connectivity index (χ4v) is 5.33. The van der Waals surface area contributed by atoms with Gasteiger partial charge in [0.2, 0.25) is 9.70 Å². The van der Waals surface area contributed by atoms with E-state index in [9.17, 15) is 4.79 Å². The first-order chi connectivity index (χ1) is 16.4. The van der Waals surface area contributed by atoms with Gasteiger partial charge in [-0.3, -0.25) is 4.79 Å². The van der Waals surface area contributed by atoms with Gasteiger partial charge >= 0.3 is 0 Å². The normalized spacial score (nSPS) is 24.1. The van der Waals surface area contributed by atoms with Crippen LogP contribution in [-0.2, 0) is 4.79 Å². The van der Waals surface area contributed by atoms with Gasteiger partial charge in [0.25, 0.3) is 0 Å². The Labute approximate surface area is 217 Å². The van der Waals surface area contributed by atoms with Crippen molar-refractivity contribution < 1.29 is 4.79 Å². The number of hydrogen-bond donors (Lipinski definition) is 0. The average molecular weight is 531 g/mol. The number of allylic oxidation sites excluding steroid dienone is 8. The van der Waals surface area contributed by atoms with Crippen molar-refractivity contribution in [2.75, 3.05) is 18.0 Å². The smallest absolute Gasteiger partial charge is 0.248 e. The third-order valence-electron chi connectivity index (χ3n) is 5.16. The Morgan fingerprint density at radius 2 is 1.59 bits per heavy atom. The van der Waals surface area contributed by atoms with Crippen LogP contribution in [0.1, 0.15) is 5.56 Å². The maximum Gasteiger partial charge on any atom is 0.248 e. The summed E-state index contributed by atoms with van der Waals surface area (Å²) < 4.78 is -0.744. The quantitative estimate of drug-likeness (QED) is 0.414. The van der Waals surface area contributed by atoms with Crippen LogP contribution in [0, 0.1) is 0 Å². The highest BCUT2D eigenvalue weighted by Crippen LogP contribution is 2.40. The van der Waals surface area contributed by atoms with E-state index in [0.717, 1.165) is 15.4 Å². The lowest BCUT2D eigenvalue weighted by atomic mass is 10.2. The fraction of sp³-hybridized carbons (Fsp3) is 0.154. The molecule has 0 bridgehead atoms. The van der Waals surface area contributed by atoms with Gasteiger partial charge in [0.15, 0.2) is 11.3 Å². The highest BCUT2D eigenvalue weighted by atomic mass is 35.6. The molecule has 0 radical (unpaired) electrons. The number of carbonyl (C=O) groups excluding carboxylic acids is 1. The molecule has 4 nitrogen and oxygen atoms in total. The molecule has 1 fully saturated rings. The average Bonchev–Trinajstić information content (AvgIpc) is 3.43. The molecule has 2 aromatic rings. The Morgan fingerprint density at radius 3 is 2.26 bits per heavy atom. The van der Waals surface area contributed by atoms with Crippen LogP contribution in [0.4, 0.5) is 5.13 Å². The lowest BCUT2D eigenvalue weighted by Gasteiger charge is -2.34. The molecule has 1 saturated heterocycles. The van der Waals surface area contributed by atoms with Gasteiger partial charge in [-0.15, -0.1) is 0 Å². The zero-order valence-corrected chi connectivity index (χ0v) is 21.2. The minimum Gasteiger partial charge on any atom is -0.322 e. The summed E-state index contributed by atoms with van der Waals surface area (Å²) in [6.45, 7) is 0.927. The zero-order chi connectivity index (χ0) is 24.0. The van der Waals surface area contributed by atoms with E-state index >= 15 is 0 Å². The van der Waals surface area contributed by atoms with E-state index in [1.807, 2.05) is 96.0 Å². The molecule has 174 valence electrons. The second-order valence-electron chi connectivity index (χ2n) is 7.50. The molecule has 0 saturated carbocycles. The number of fused-ring (bicyclic) bond motifs is 1. The number of aromatic nitrogens is 1. The van der Waals surface area contributed by atoms with Crippen molar-refractivity contribution in [3.05, 3.63) is 100 Å². The summed E-state index contributed by atoms with van der Waals surface area (Å²) in [6, 6.07) is 9.60. The number of benzene rings is 1. The van der Waals surface area contributed by atoms with E-state index < -0.39 is 9.96 Å². The Kier molecular flexibility index (Phi) is 8.11. The van der Waals surface area contributed by atoms with Crippen LogP contribution >= 0.6 is 46.1 Å². The molecule has 1 aromatic carbocycles. The van der Waals surface area contributed by atoms with Crippen LogP contribution in [-0.4, -0.2) is 38.8 Å². The zero-order valence-electron chi connectivity index (χ0n) is 18.1. The molecule has 1 amide bonds. The van der Waals surface area contributed by atoms with Gasteiger partial charge in [-0.2, -0.15) is 0 Å². The molecule has 1 aromatic heterocycles. The maximum atomic E-state index is 13.1. The standard InChI is InChI=1S/C26H22Cl3N3OS/c27-26(28,29)24-31(23(33)17-16-20-12-8-7-9-13-20)18-19-32(24)25-30-21-14-10-5-3-1-2-4-6-11-15-22(21)34-25/h1-17,24H,18-19H2/b2-1?,3-1-,4-2-,5-3?,6-4?,10-5-,11-6-,14-10?,15-11?,17-16+,21-14+,22-15+. The lowest BCUT2D eigenvalue weighted by molar-refractivity contribution is -0.126. The largest absolute Gasteiger partial charge is 0.322 e. The summed E-state index contributed by atoms with van der Waals surface area (Å²) in [6.07, 6.45) is 22.1. The van der Waals surface area contributed by atoms with Gasteiger partial charge in [-0.1, -0.05) is 125 Å². The lowest BCUT2D eigenvalue weighted by Crippen LogP contribution is -2.50. The van der Waals surface area contributed by atoms with Crippen LogP contribution in [0.15, 0.2) is 85.0 Å². The first-order valence-corrected chi connectivity index (χ1v) is 12.6. The summed E-state index contributed by atoms with van der Waals surface area (Å²) >= 11 is 20.7. The fourth-order valence-electron chi connectivity index (χ4n) is 3.61. The van der Waals surface area contributed by atoms with Gasteiger partial charge in [-0.05, 0) is 23.8 Å². The third kappa shape index (κ3) is 6.10. The van der Waals surface area contributed by atoms with E-state index in [2.05, 4.69) is 0 Å². The van der Waals surface area contributed by atoms with Crippen LogP contribution < -0.4 is 14.8 Å². The number of hydrogen-bond acceptors (Lipinski definition) is 4. The second-order valence-corrected chi connectivity index (χ2v) is 10.9. The highest BCUT2D eigenvalue weighted by Gasteiger charge is 2.48. The number of alkyl halides is 3. The van der Waals surface area contributed by atoms with E-state index in [1.54, 1.807) is 11.0 Å². The summed E-state index contributed by atoms with van der Waals surface area (Å²) in [5, 5.41) is 1.51. The molecule has 8 heteroatoms.